The summed E-state index contributed by atoms with van der Waals surface area (Å²) in [6.07, 6.45) is 4.37. The molecular weight excluding hydrogens is 304 g/mol. The highest BCUT2D eigenvalue weighted by molar-refractivity contribution is 5.94. The molecule has 3 rings (SSSR count). The van der Waals surface area contributed by atoms with E-state index in [9.17, 15) is 9.90 Å². The number of rotatable bonds is 4. The normalized spacial score (nSPS) is 25.0. The summed E-state index contributed by atoms with van der Waals surface area (Å²) in [7, 11) is 3.94. The van der Waals surface area contributed by atoms with Gasteiger partial charge >= 0.3 is 0 Å². The molecule has 1 saturated heterocycles. The molecule has 0 aromatic carbocycles. The Morgan fingerprint density at radius 3 is 2.75 bits per heavy atom. The Balaban J connectivity index is 1.65. The second-order valence-electron chi connectivity index (χ2n) is 7.14. The van der Waals surface area contributed by atoms with E-state index in [0.717, 1.165) is 51.3 Å². The lowest BCUT2D eigenvalue weighted by Crippen LogP contribution is -2.44. The van der Waals surface area contributed by atoms with Gasteiger partial charge in [0, 0.05) is 57.4 Å². The maximum Gasteiger partial charge on any atom is 0.253 e. The van der Waals surface area contributed by atoms with Crippen LogP contribution in [0.2, 0.25) is 0 Å². The van der Waals surface area contributed by atoms with Gasteiger partial charge in [-0.2, -0.15) is 0 Å². The van der Waals surface area contributed by atoms with Gasteiger partial charge in [-0.3, -0.25) is 4.79 Å². The Bertz CT molecular complexity index is 572. The first kappa shape index (κ1) is 17.2. The Morgan fingerprint density at radius 2 is 2.08 bits per heavy atom. The van der Waals surface area contributed by atoms with Crippen LogP contribution in [0, 0.1) is 5.92 Å². The van der Waals surface area contributed by atoms with E-state index >= 15 is 0 Å². The van der Waals surface area contributed by atoms with E-state index in [-0.39, 0.29) is 17.9 Å². The number of aliphatic hydroxyl groups excluding tert-OH is 1. The van der Waals surface area contributed by atoms with Gasteiger partial charge in [0.2, 0.25) is 0 Å². The van der Waals surface area contributed by atoms with Gasteiger partial charge < -0.3 is 19.8 Å². The number of likely N-dealkylation sites (N-methyl/N-ethyl adjacent to an activating group) is 1. The van der Waals surface area contributed by atoms with Gasteiger partial charge in [0.05, 0.1) is 6.10 Å². The molecule has 1 aliphatic carbocycles. The summed E-state index contributed by atoms with van der Waals surface area (Å²) in [5.74, 6) is 1.09. The van der Waals surface area contributed by atoms with Crippen LogP contribution >= 0.6 is 0 Å². The third-order valence-electron chi connectivity index (χ3n) is 5.29. The van der Waals surface area contributed by atoms with Crippen LogP contribution in [0.15, 0.2) is 18.3 Å². The smallest absolute Gasteiger partial charge is 0.253 e. The van der Waals surface area contributed by atoms with Crippen LogP contribution in [0.3, 0.4) is 0 Å². The SMILES string of the molecule is CN1CCN(c2cc(C(=O)N(C)CC3CCCC3O)ccn2)CC1. The van der Waals surface area contributed by atoms with E-state index in [1.54, 1.807) is 17.2 Å². The highest BCUT2D eigenvalue weighted by atomic mass is 16.3. The Kier molecular flexibility index (Phi) is 5.36. The van der Waals surface area contributed by atoms with Crippen LogP contribution in [0.5, 0.6) is 0 Å². The molecule has 24 heavy (non-hydrogen) atoms. The van der Waals surface area contributed by atoms with Crippen LogP contribution in [0.4, 0.5) is 5.82 Å². The maximum absolute atomic E-state index is 12.7. The summed E-state index contributed by atoms with van der Waals surface area (Å²) in [6.45, 7) is 4.52. The zero-order valence-corrected chi connectivity index (χ0v) is 14.7. The molecule has 1 aliphatic heterocycles. The van der Waals surface area contributed by atoms with E-state index in [4.69, 9.17) is 0 Å². The predicted molar refractivity (Wildman–Crippen MR) is 94.3 cm³/mol. The van der Waals surface area contributed by atoms with Crippen molar-refractivity contribution in [3.63, 3.8) is 0 Å². The topological polar surface area (TPSA) is 59.9 Å². The van der Waals surface area contributed by atoms with E-state index in [1.807, 2.05) is 13.1 Å². The van der Waals surface area contributed by atoms with Crippen LogP contribution in [0.25, 0.3) is 0 Å². The minimum absolute atomic E-state index is 0.00637. The Morgan fingerprint density at radius 1 is 1.33 bits per heavy atom. The standard InChI is InChI=1S/C18H28N4O2/c1-20-8-10-22(11-9-20)17-12-14(6-7-19-17)18(24)21(2)13-15-4-3-5-16(15)23/h6-7,12,15-16,23H,3-5,8-11,13H2,1-2H3. The summed E-state index contributed by atoms with van der Waals surface area (Å²) < 4.78 is 0. The fourth-order valence-corrected chi connectivity index (χ4v) is 3.65. The third-order valence-corrected chi connectivity index (χ3v) is 5.29. The molecule has 0 spiro atoms. The van der Waals surface area contributed by atoms with Gasteiger partial charge in [0.15, 0.2) is 0 Å². The predicted octanol–water partition coefficient (Wildman–Crippen LogP) is 1.07. The molecule has 2 fully saturated rings. The first-order chi connectivity index (χ1) is 11.5. The summed E-state index contributed by atoms with van der Waals surface area (Å²) >= 11 is 0. The average Bonchev–Trinajstić information content (AvgIpc) is 3.00. The molecule has 1 saturated carbocycles. The largest absolute Gasteiger partial charge is 0.393 e. The minimum atomic E-state index is -0.265. The van der Waals surface area contributed by atoms with Gasteiger partial charge in [-0.05, 0) is 32.0 Å². The number of hydrogen-bond donors (Lipinski definition) is 1. The number of piperazine rings is 1. The zero-order chi connectivity index (χ0) is 17.1. The third kappa shape index (κ3) is 3.87. The number of carbonyl (C=O) groups excluding carboxylic acids is 1. The number of nitrogens with zero attached hydrogens (tertiary/aromatic N) is 4. The molecule has 1 aromatic rings. The summed E-state index contributed by atoms with van der Waals surface area (Å²) in [4.78, 5) is 23.4. The Hall–Kier alpha value is -1.66. The van der Waals surface area contributed by atoms with Crippen molar-refractivity contribution in [1.82, 2.24) is 14.8 Å². The van der Waals surface area contributed by atoms with E-state index in [1.165, 1.54) is 0 Å². The first-order valence-electron chi connectivity index (χ1n) is 8.87. The van der Waals surface area contributed by atoms with E-state index in [2.05, 4.69) is 21.8 Å². The van der Waals surface area contributed by atoms with Crippen molar-refractivity contribution in [2.24, 2.45) is 5.92 Å². The number of anilines is 1. The maximum atomic E-state index is 12.7. The van der Waals surface area contributed by atoms with Crippen molar-refractivity contribution in [2.45, 2.75) is 25.4 Å². The van der Waals surface area contributed by atoms with Crippen molar-refractivity contribution >= 4 is 11.7 Å². The number of pyridine rings is 1. The van der Waals surface area contributed by atoms with Crippen molar-refractivity contribution in [2.75, 3.05) is 51.7 Å². The lowest BCUT2D eigenvalue weighted by molar-refractivity contribution is 0.0693. The molecule has 2 heterocycles. The Labute approximate surface area is 144 Å². The van der Waals surface area contributed by atoms with Gasteiger partial charge in [-0.25, -0.2) is 4.98 Å². The molecule has 6 nitrogen and oxygen atoms in total. The molecule has 132 valence electrons. The molecule has 2 aliphatic rings. The van der Waals surface area contributed by atoms with E-state index in [0.29, 0.717) is 12.1 Å². The molecule has 2 unspecified atom stereocenters. The zero-order valence-electron chi connectivity index (χ0n) is 14.7. The highest BCUT2D eigenvalue weighted by Gasteiger charge is 2.28. The summed E-state index contributed by atoms with van der Waals surface area (Å²) in [5.41, 5.74) is 0.675. The molecular formula is C18H28N4O2. The van der Waals surface area contributed by atoms with Crippen molar-refractivity contribution < 1.29 is 9.90 Å². The number of hydrogen-bond acceptors (Lipinski definition) is 5. The lowest BCUT2D eigenvalue weighted by Gasteiger charge is -2.33. The lowest BCUT2D eigenvalue weighted by atomic mass is 10.1. The van der Waals surface area contributed by atoms with Gasteiger partial charge in [-0.15, -0.1) is 0 Å². The second kappa shape index (κ2) is 7.49. The number of carbonyl (C=O) groups is 1. The second-order valence-corrected chi connectivity index (χ2v) is 7.14. The number of amides is 1. The number of aromatic nitrogens is 1. The number of aliphatic hydroxyl groups is 1. The quantitative estimate of drug-likeness (QED) is 0.894. The van der Waals surface area contributed by atoms with Crippen LogP contribution in [0.1, 0.15) is 29.6 Å². The molecule has 0 radical (unpaired) electrons. The van der Waals surface area contributed by atoms with Crippen molar-refractivity contribution in [3.05, 3.63) is 23.9 Å². The molecule has 6 heteroatoms. The fraction of sp³-hybridized carbons (Fsp3) is 0.667. The summed E-state index contributed by atoms with van der Waals surface area (Å²) in [6, 6.07) is 3.68. The molecule has 1 aromatic heterocycles. The minimum Gasteiger partial charge on any atom is -0.393 e. The molecule has 1 N–H and O–H groups in total. The monoisotopic (exact) mass is 332 g/mol. The van der Waals surface area contributed by atoms with Crippen molar-refractivity contribution in [1.29, 1.82) is 0 Å². The fourth-order valence-electron chi connectivity index (χ4n) is 3.65. The van der Waals surface area contributed by atoms with Gasteiger partial charge in [0.25, 0.3) is 5.91 Å². The van der Waals surface area contributed by atoms with Crippen LogP contribution in [-0.4, -0.2) is 78.7 Å². The first-order valence-corrected chi connectivity index (χ1v) is 8.87. The average molecular weight is 332 g/mol. The van der Waals surface area contributed by atoms with Crippen LogP contribution in [-0.2, 0) is 0 Å². The molecule has 2 atom stereocenters. The van der Waals surface area contributed by atoms with Gasteiger partial charge in [0.1, 0.15) is 5.82 Å². The van der Waals surface area contributed by atoms with Gasteiger partial charge in [-0.1, -0.05) is 6.42 Å². The molecule has 1 amide bonds. The summed E-state index contributed by atoms with van der Waals surface area (Å²) in [5, 5.41) is 9.97. The molecule has 0 bridgehead atoms. The van der Waals surface area contributed by atoms with E-state index < -0.39 is 0 Å². The highest BCUT2D eigenvalue weighted by Crippen LogP contribution is 2.26. The van der Waals surface area contributed by atoms with Crippen molar-refractivity contribution in [3.8, 4) is 0 Å². The van der Waals surface area contributed by atoms with Crippen LogP contribution < -0.4 is 4.90 Å².